The summed E-state index contributed by atoms with van der Waals surface area (Å²) < 4.78 is 0. The highest BCUT2D eigenvalue weighted by molar-refractivity contribution is 6.39. The molecule has 2 fully saturated rings. The van der Waals surface area contributed by atoms with Gasteiger partial charge in [-0.3, -0.25) is 19.2 Å². The average Bonchev–Trinajstić information content (AvgIpc) is 3.62. The number of fused-ring (bicyclic) bond motifs is 5. The van der Waals surface area contributed by atoms with E-state index >= 15 is 14.4 Å². The van der Waals surface area contributed by atoms with E-state index in [1.54, 1.807) is 24.3 Å². The van der Waals surface area contributed by atoms with Crippen LogP contribution >= 0.6 is 0 Å². The minimum Gasteiger partial charge on any atom is -0.297 e. The van der Waals surface area contributed by atoms with E-state index in [2.05, 4.69) is 0 Å². The molecule has 222 valence electrons. The molecule has 1 saturated heterocycles. The van der Waals surface area contributed by atoms with E-state index in [0.29, 0.717) is 22.4 Å². The third-order valence-corrected chi connectivity index (χ3v) is 10.1. The Bertz CT molecular complexity index is 1970. The maximum atomic E-state index is 15.9. The van der Waals surface area contributed by atoms with Crippen LogP contribution in [0.1, 0.15) is 39.5 Å². The zero-order chi connectivity index (χ0) is 31.6. The van der Waals surface area contributed by atoms with Gasteiger partial charge in [0, 0.05) is 5.56 Å². The van der Waals surface area contributed by atoms with Gasteiger partial charge in [0.15, 0.2) is 11.6 Å². The topological polar surface area (TPSA) is 71.5 Å². The first-order chi connectivity index (χ1) is 22.4. The van der Waals surface area contributed by atoms with Crippen molar-refractivity contribution in [2.75, 3.05) is 4.90 Å². The molecule has 2 bridgehead atoms. The van der Waals surface area contributed by atoms with Gasteiger partial charge >= 0.3 is 0 Å². The van der Waals surface area contributed by atoms with Gasteiger partial charge in [-0.2, -0.15) is 0 Å². The first-order valence-electron chi connectivity index (χ1n) is 15.4. The number of Topliss-reactive ketones (excluding diaryl/α,β-unsaturated/α-hetero) is 2. The Kier molecular flexibility index (Phi) is 6.16. The van der Waals surface area contributed by atoms with Crippen LogP contribution < -0.4 is 4.90 Å². The molecule has 0 radical (unpaired) electrons. The third-order valence-electron chi connectivity index (χ3n) is 10.1. The largest absolute Gasteiger partial charge is 0.297 e. The van der Waals surface area contributed by atoms with Crippen LogP contribution in [0.15, 0.2) is 146 Å². The van der Waals surface area contributed by atoms with Crippen molar-refractivity contribution in [2.45, 2.75) is 17.8 Å². The van der Waals surface area contributed by atoms with Crippen molar-refractivity contribution < 1.29 is 19.2 Å². The maximum absolute atomic E-state index is 15.9. The molecule has 2 aliphatic carbocycles. The van der Waals surface area contributed by atoms with Crippen molar-refractivity contribution in [3.63, 3.8) is 0 Å². The van der Waals surface area contributed by atoms with Crippen LogP contribution in [0.3, 0.4) is 0 Å². The number of amides is 2. The predicted octanol–water partition coefficient (Wildman–Crippen LogP) is 7.08. The summed E-state index contributed by atoms with van der Waals surface area (Å²) >= 11 is 0. The summed E-state index contributed by atoms with van der Waals surface area (Å²) in [4.78, 5) is 59.5. The molecule has 4 atom stereocenters. The maximum Gasteiger partial charge on any atom is 0.239 e. The van der Waals surface area contributed by atoms with E-state index in [1.807, 2.05) is 121 Å². The van der Waals surface area contributed by atoms with Crippen molar-refractivity contribution in [1.82, 2.24) is 0 Å². The predicted molar refractivity (Wildman–Crippen MR) is 177 cm³/mol. The molecule has 1 heterocycles. The second-order valence-electron chi connectivity index (χ2n) is 12.2. The summed E-state index contributed by atoms with van der Waals surface area (Å²) in [5.74, 6) is -3.24. The van der Waals surface area contributed by atoms with E-state index in [9.17, 15) is 4.79 Å². The third kappa shape index (κ3) is 3.45. The molecule has 3 aliphatic rings. The molecule has 1 saturated carbocycles. The molecule has 2 amide bonds. The van der Waals surface area contributed by atoms with Crippen molar-refractivity contribution >= 4 is 40.2 Å². The fraction of sp³-hybridized carbons (Fsp3) is 0.122. The van der Waals surface area contributed by atoms with Gasteiger partial charge in [-0.25, -0.2) is 4.90 Å². The molecule has 5 heteroatoms. The van der Waals surface area contributed by atoms with Gasteiger partial charge in [-0.05, 0) is 52.5 Å². The minimum absolute atomic E-state index is 0.163. The summed E-state index contributed by atoms with van der Waals surface area (Å²) in [5.41, 5.74) is 2.32. The lowest BCUT2D eigenvalue weighted by atomic mass is 9.59. The first-order valence-corrected chi connectivity index (χ1v) is 15.4. The molecule has 0 spiro atoms. The van der Waals surface area contributed by atoms with Crippen LogP contribution in [0.5, 0.6) is 0 Å². The van der Waals surface area contributed by atoms with Crippen molar-refractivity contribution in [3.8, 4) is 0 Å². The van der Waals surface area contributed by atoms with Crippen LogP contribution in [0.2, 0.25) is 0 Å². The van der Waals surface area contributed by atoms with Crippen LogP contribution in [-0.4, -0.2) is 23.4 Å². The zero-order valence-corrected chi connectivity index (χ0v) is 25.1. The van der Waals surface area contributed by atoms with Crippen LogP contribution in [0.25, 0.3) is 11.1 Å². The van der Waals surface area contributed by atoms with Gasteiger partial charge < -0.3 is 0 Å². The molecule has 8 rings (SSSR count). The number of carbonyl (C=O) groups excluding carboxylic acids is 4. The lowest BCUT2D eigenvalue weighted by molar-refractivity contribution is -0.130. The highest BCUT2D eigenvalue weighted by Crippen LogP contribution is 2.74. The Balaban J connectivity index is 1.53. The fourth-order valence-electron chi connectivity index (χ4n) is 8.45. The Morgan fingerprint density at radius 1 is 0.543 bits per heavy atom. The quantitative estimate of drug-likeness (QED) is 0.155. The van der Waals surface area contributed by atoms with Crippen molar-refractivity contribution in [3.05, 3.63) is 173 Å². The number of imide groups is 1. The van der Waals surface area contributed by atoms with Gasteiger partial charge in [0.2, 0.25) is 11.8 Å². The van der Waals surface area contributed by atoms with Gasteiger partial charge in [-0.15, -0.1) is 0 Å². The van der Waals surface area contributed by atoms with Crippen LogP contribution in [0.4, 0.5) is 5.69 Å². The van der Waals surface area contributed by atoms with Gasteiger partial charge in [0.25, 0.3) is 0 Å². The van der Waals surface area contributed by atoms with Crippen molar-refractivity contribution in [2.24, 2.45) is 11.8 Å². The lowest BCUT2D eigenvalue weighted by Gasteiger charge is -2.39. The molecule has 5 nitrogen and oxygen atoms in total. The summed E-state index contributed by atoms with van der Waals surface area (Å²) in [6, 6.07) is 45.1. The zero-order valence-electron chi connectivity index (χ0n) is 25.1. The summed E-state index contributed by atoms with van der Waals surface area (Å²) in [7, 11) is 0. The minimum atomic E-state index is -1.46. The highest BCUT2D eigenvalue weighted by Gasteiger charge is 2.82. The molecular formula is C41H29NO4. The monoisotopic (exact) mass is 599 g/mol. The number of nitrogens with zero attached hydrogens (tertiary/aromatic N) is 1. The van der Waals surface area contributed by atoms with E-state index in [4.69, 9.17) is 0 Å². The molecule has 0 N–H and O–H groups in total. The first kappa shape index (κ1) is 27.8. The summed E-state index contributed by atoms with van der Waals surface area (Å²) in [6.45, 7) is 1.46. The van der Waals surface area contributed by atoms with E-state index in [0.717, 1.165) is 22.3 Å². The molecule has 5 aromatic rings. The molecule has 5 aromatic carbocycles. The van der Waals surface area contributed by atoms with E-state index < -0.39 is 34.5 Å². The molecule has 1 aliphatic heterocycles. The second kappa shape index (κ2) is 10.2. The number of allylic oxidation sites excluding steroid dienone is 2. The normalized spacial score (nSPS) is 24.9. The summed E-state index contributed by atoms with van der Waals surface area (Å²) in [6.07, 6.45) is 0. The fourth-order valence-corrected chi connectivity index (χ4v) is 8.45. The molecule has 46 heavy (non-hydrogen) atoms. The van der Waals surface area contributed by atoms with E-state index in [-0.39, 0.29) is 11.6 Å². The number of hydrogen-bond acceptors (Lipinski definition) is 4. The van der Waals surface area contributed by atoms with Crippen molar-refractivity contribution in [1.29, 1.82) is 0 Å². The Morgan fingerprint density at radius 2 is 0.957 bits per heavy atom. The number of carbonyl (C=O) groups is 4. The summed E-state index contributed by atoms with van der Waals surface area (Å²) in [5, 5.41) is 0. The standard InChI is InChI=1S/C41H29NO4/c1-26(43)29-19-14-24-32(25-29)42-37(44)35-36(38(42)45)41(31-22-12-5-13-23-31)34(28-17-8-3-9-18-28)33(27-15-6-2-7-16-27)40(35,39(41)46)30-20-10-4-11-21-30/h2-25,35-36H,1H3. The van der Waals surface area contributed by atoms with Gasteiger partial charge in [0.05, 0.1) is 28.4 Å². The smallest absolute Gasteiger partial charge is 0.239 e. The second-order valence-corrected chi connectivity index (χ2v) is 12.2. The number of benzene rings is 5. The molecule has 0 aromatic heterocycles. The number of rotatable bonds is 6. The average molecular weight is 600 g/mol. The van der Waals surface area contributed by atoms with Crippen LogP contribution in [-0.2, 0) is 25.2 Å². The van der Waals surface area contributed by atoms with Gasteiger partial charge in [0.1, 0.15) is 0 Å². The Hall–Kier alpha value is -5.68. The Morgan fingerprint density at radius 3 is 1.37 bits per heavy atom. The molecule has 4 unspecified atom stereocenters. The molecular weight excluding hydrogens is 570 g/mol. The number of anilines is 1. The number of ketones is 2. The van der Waals surface area contributed by atoms with E-state index in [1.165, 1.54) is 11.8 Å². The van der Waals surface area contributed by atoms with Crippen LogP contribution in [0, 0.1) is 11.8 Å². The van der Waals surface area contributed by atoms with Gasteiger partial charge in [-0.1, -0.05) is 133 Å². The SMILES string of the molecule is CC(=O)c1cccc(N2C(=O)C3C(C2=O)C2(c4ccccc4)C(=O)C3(c3ccccc3)C(c3ccccc3)=C2c2ccccc2)c1. The highest BCUT2D eigenvalue weighted by atomic mass is 16.2. The lowest BCUT2D eigenvalue weighted by Crippen LogP contribution is -2.45. The number of hydrogen-bond donors (Lipinski definition) is 0. The Labute approximate surface area is 266 Å².